The van der Waals surface area contributed by atoms with Crippen LogP contribution in [0, 0.1) is 0 Å². The Morgan fingerprint density at radius 3 is 1.79 bits per heavy atom. The number of carbonyl (C=O) groups is 3. The predicted octanol–water partition coefficient (Wildman–Crippen LogP) is 5.60. The Bertz CT molecular complexity index is 1420. The fourth-order valence-electron chi connectivity index (χ4n) is 5.37. The monoisotopic (exact) mass is 654 g/mol. The summed E-state index contributed by atoms with van der Waals surface area (Å²) >= 11 is 1.77. The summed E-state index contributed by atoms with van der Waals surface area (Å²) in [5.74, 6) is 0.450. The molecule has 4 aromatic rings. The Kier molecular flexibility index (Phi) is 14.5. The fraction of sp³-hybridized carbons (Fsp3) is 0.378. The number of unbranched alkanes of at least 4 members (excludes halogenated alkanes) is 3. The summed E-state index contributed by atoms with van der Waals surface area (Å²) in [5, 5.41) is 16.8. The summed E-state index contributed by atoms with van der Waals surface area (Å²) in [6, 6.07) is 31.4. The van der Waals surface area contributed by atoms with Gasteiger partial charge in [-0.25, -0.2) is 4.68 Å². The molecule has 0 aliphatic rings. The van der Waals surface area contributed by atoms with Gasteiger partial charge in [0.1, 0.15) is 12.2 Å². The zero-order valence-corrected chi connectivity index (χ0v) is 28.0. The molecule has 10 heteroatoms. The minimum Gasteiger partial charge on any atom is -0.356 e. The van der Waals surface area contributed by atoms with Crippen LogP contribution in [0.5, 0.6) is 0 Å². The Balaban J connectivity index is 1.17. The van der Waals surface area contributed by atoms with Crippen LogP contribution in [0.15, 0.2) is 97.2 Å². The largest absolute Gasteiger partial charge is 0.356 e. The SMILES string of the molecule is CCCCCNC(=O)Cn1cc(CNC(=O)CCCCNC(=O)CCSC(c2ccccc2)(c2ccccc2)c2ccccc2)nn1. The van der Waals surface area contributed by atoms with Gasteiger partial charge in [0.15, 0.2) is 0 Å². The van der Waals surface area contributed by atoms with Gasteiger partial charge >= 0.3 is 0 Å². The summed E-state index contributed by atoms with van der Waals surface area (Å²) in [4.78, 5) is 37.2. The summed E-state index contributed by atoms with van der Waals surface area (Å²) in [6.07, 6.45) is 6.93. The van der Waals surface area contributed by atoms with Crippen LogP contribution in [-0.4, -0.2) is 51.6 Å². The zero-order chi connectivity index (χ0) is 33.2. The van der Waals surface area contributed by atoms with E-state index in [1.165, 1.54) is 21.4 Å². The number of rotatable bonds is 20. The Hall–Kier alpha value is -4.44. The van der Waals surface area contributed by atoms with Crippen molar-refractivity contribution in [1.82, 2.24) is 30.9 Å². The van der Waals surface area contributed by atoms with Gasteiger partial charge in [0.25, 0.3) is 0 Å². The second kappa shape index (κ2) is 19.3. The average Bonchev–Trinajstić information content (AvgIpc) is 3.55. The van der Waals surface area contributed by atoms with Crippen molar-refractivity contribution < 1.29 is 14.4 Å². The lowest BCUT2D eigenvalue weighted by molar-refractivity contribution is -0.122. The summed E-state index contributed by atoms with van der Waals surface area (Å²) in [6.45, 7) is 3.65. The molecule has 0 aliphatic carbocycles. The van der Waals surface area contributed by atoms with Crippen molar-refractivity contribution in [3.8, 4) is 0 Å². The summed E-state index contributed by atoms with van der Waals surface area (Å²) in [5.41, 5.74) is 4.11. The first-order valence-electron chi connectivity index (χ1n) is 16.5. The molecule has 0 bridgehead atoms. The van der Waals surface area contributed by atoms with Gasteiger partial charge in [-0.15, -0.1) is 16.9 Å². The van der Waals surface area contributed by atoms with E-state index < -0.39 is 4.75 Å². The predicted molar refractivity (Wildman–Crippen MR) is 188 cm³/mol. The van der Waals surface area contributed by atoms with Gasteiger partial charge in [-0.05, 0) is 36.0 Å². The van der Waals surface area contributed by atoms with Crippen LogP contribution in [-0.2, 0) is 32.2 Å². The summed E-state index contributed by atoms with van der Waals surface area (Å²) < 4.78 is 1.02. The maximum absolute atomic E-state index is 12.8. The lowest BCUT2D eigenvalue weighted by atomic mass is 9.84. The van der Waals surface area contributed by atoms with Gasteiger partial charge in [0.2, 0.25) is 17.7 Å². The second-order valence-corrected chi connectivity index (χ2v) is 12.7. The molecule has 248 valence electrons. The van der Waals surface area contributed by atoms with E-state index in [2.05, 4.69) is 106 Å². The highest BCUT2D eigenvalue weighted by atomic mass is 32.2. The Morgan fingerprint density at radius 2 is 1.21 bits per heavy atom. The number of nitrogens with zero attached hydrogens (tertiary/aromatic N) is 3. The molecule has 0 saturated heterocycles. The molecule has 1 heterocycles. The first-order chi connectivity index (χ1) is 23.0. The van der Waals surface area contributed by atoms with Gasteiger partial charge in [0.05, 0.1) is 17.5 Å². The number of hydrogen-bond donors (Lipinski definition) is 3. The highest BCUT2D eigenvalue weighted by Gasteiger charge is 2.36. The molecule has 0 saturated carbocycles. The van der Waals surface area contributed by atoms with Crippen LogP contribution in [0.4, 0.5) is 0 Å². The van der Waals surface area contributed by atoms with Gasteiger partial charge in [-0.1, -0.05) is 116 Å². The van der Waals surface area contributed by atoms with Gasteiger partial charge in [0, 0.05) is 31.7 Å². The Labute approximate surface area is 282 Å². The number of amides is 3. The first kappa shape index (κ1) is 35.4. The van der Waals surface area contributed by atoms with Gasteiger partial charge in [-0.2, -0.15) is 0 Å². The second-order valence-electron chi connectivity index (χ2n) is 11.4. The van der Waals surface area contributed by atoms with Crippen LogP contribution in [0.2, 0.25) is 0 Å². The van der Waals surface area contributed by atoms with E-state index in [4.69, 9.17) is 0 Å². The molecule has 1 aromatic heterocycles. The van der Waals surface area contributed by atoms with E-state index in [0.29, 0.717) is 50.2 Å². The first-order valence-corrected chi connectivity index (χ1v) is 17.5. The normalized spacial score (nSPS) is 11.2. The average molecular weight is 655 g/mol. The van der Waals surface area contributed by atoms with Crippen molar-refractivity contribution >= 4 is 29.5 Å². The maximum Gasteiger partial charge on any atom is 0.241 e. The van der Waals surface area contributed by atoms with Crippen LogP contribution < -0.4 is 16.0 Å². The molecule has 4 rings (SSSR count). The lowest BCUT2D eigenvalue weighted by Crippen LogP contribution is -2.28. The third kappa shape index (κ3) is 11.1. The molecule has 3 amide bonds. The number of hydrogen-bond acceptors (Lipinski definition) is 6. The minimum atomic E-state index is -0.450. The standard InChI is InChI=1S/C37H46N6O3S/c1-2-3-14-24-39-36(46)29-43-28-33(41-42-43)27-40-34(44)22-13-15-25-38-35(45)23-26-47-37(30-16-7-4-8-17-30,31-18-9-5-10-19-31)32-20-11-6-12-21-32/h4-12,16-21,28H,2-3,13-15,22-27,29H2,1H3,(H,38,45)(H,39,46)(H,40,44). The molecule has 0 spiro atoms. The number of thioether (sulfide) groups is 1. The number of benzene rings is 3. The molecule has 3 N–H and O–H groups in total. The van der Waals surface area contributed by atoms with Crippen molar-refractivity contribution in [2.45, 2.75) is 69.7 Å². The number of carbonyl (C=O) groups excluding carboxylic acids is 3. The minimum absolute atomic E-state index is 0.00256. The van der Waals surface area contributed by atoms with Crippen molar-refractivity contribution in [1.29, 1.82) is 0 Å². The van der Waals surface area contributed by atoms with Crippen molar-refractivity contribution in [3.05, 3.63) is 120 Å². The van der Waals surface area contributed by atoms with E-state index >= 15 is 0 Å². The van der Waals surface area contributed by atoms with Crippen LogP contribution in [0.3, 0.4) is 0 Å². The number of nitrogens with one attached hydrogen (secondary N) is 3. The highest BCUT2D eigenvalue weighted by molar-refractivity contribution is 8.00. The van der Waals surface area contributed by atoms with E-state index in [9.17, 15) is 14.4 Å². The highest BCUT2D eigenvalue weighted by Crippen LogP contribution is 2.48. The molecule has 0 fully saturated rings. The molecule has 3 aromatic carbocycles. The van der Waals surface area contributed by atoms with E-state index in [1.54, 1.807) is 18.0 Å². The van der Waals surface area contributed by atoms with Crippen molar-refractivity contribution in [3.63, 3.8) is 0 Å². The summed E-state index contributed by atoms with van der Waals surface area (Å²) in [7, 11) is 0. The maximum atomic E-state index is 12.8. The van der Waals surface area contributed by atoms with Crippen LogP contribution >= 0.6 is 11.8 Å². The topological polar surface area (TPSA) is 118 Å². The Morgan fingerprint density at radius 1 is 0.681 bits per heavy atom. The third-order valence-electron chi connectivity index (χ3n) is 7.80. The molecule has 0 unspecified atom stereocenters. The molecule has 9 nitrogen and oxygen atoms in total. The quantitative estimate of drug-likeness (QED) is 0.0844. The molecule has 47 heavy (non-hydrogen) atoms. The van der Waals surface area contributed by atoms with E-state index in [-0.39, 0.29) is 30.8 Å². The lowest BCUT2D eigenvalue weighted by Gasteiger charge is -2.35. The van der Waals surface area contributed by atoms with Crippen molar-refractivity contribution in [2.75, 3.05) is 18.8 Å². The van der Waals surface area contributed by atoms with Gasteiger partial charge < -0.3 is 16.0 Å². The van der Waals surface area contributed by atoms with Crippen molar-refractivity contribution in [2.24, 2.45) is 0 Å². The molecule has 0 atom stereocenters. The smallest absolute Gasteiger partial charge is 0.241 e. The zero-order valence-electron chi connectivity index (χ0n) is 27.2. The molecular weight excluding hydrogens is 609 g/mol. The van der Waals surface area contributed by atoms with Crippen LogP contribution in [0.1, 0.15) is 74.3 Å². The van der Waals surface area contributed by atoms with E-state index in [1.807, 2.05) is 18.2 Å². The molecule has 0 aliphatic heterocycles. The van der Waals surface area contributed by atoms with Gasteiger partial charge in [-0.3, -0.25) is 14.4 Å². The molecule has 0 radical (unpaired) electrons. The van der Waals surface area contributed by atoms with E-state index in [0.717, 1.165) is 19.3 Å². The fourth-order valence-corrected chi connectivity index (χ4v) is 6.87. The number of aromatic nitrogens is 3. The van der Waals surface area contributed by atoms with Crippen LogP contribution in [0.25, 0.3) is 0 Å². The molecular formula is C37H46N6O3S. The third-order valence-corrected chi connectivity index (χ3v) is 9.35.